The fourth-order valence-electron chi connectivity index (χ4n) is 1.87. The van der Waals surface area contributed by atoms with Crippen LogP contribution in [0, 0.1) is 31.0 Å². The van der Waals surface area contributed by atoms with Crippen molar-refractivity contribution in [1.82, 2.24) is 0 Å². The Hall–Kier alpha value is -2.34. The topological polar surface area (TPSA) is 35.8 Å². The minimum atomic E-state index is -0.379. The van der Waals surface area contributed by atoms with Gasteiger partial charge in [0, 0.05) is 12.2 Å². The van der Waals surface area contributed by atoms with Crippen LogP contribution in [-0.4, -0.2) is 0 Å². The van der Waals surface area contributed by atoms with Crippen LogP contribution in [0.2, 0.25) is 0 Å². The molecule has 0 aliphatic heterocycles. The number of benzene rings is 2. The molecule has 2 rings (SSSR count). The molecule has 0 bridgehead atoms. The molecule has 3 heteroatoms. The van der Waals surface area contributed by atoms with E-state index in [1.165, 1.54) is 23.3 Å². The summed E-state index contributed by atoms with van der Waals surface area (Å²) in [6.45, 7) is 4.61. The molecule has 0 fully saturated rings. The summed E-state index contributed by atoms with van der Waals surface area (Å²) >= 11 is 0. The number of hydrogen-bond donors (Lipinski definition) is 1. The maximum atomic E-state index is 13.3. The number of rotatable bonds is 3. The smallest absolute Gasteiger partial charge is 0.124 e. The summed E-state index contributed by atoms with van der Waals surface area (Å²) in [6.07, 6.45) is 0. The van der Waals surface area contributed by atoms with Crippen LogP contribution in [0.1, 0.15) is 22.3 Å². The first kappa shape index (κ1) is 13.1. The zero-order chi connectivity index (χ0) is 13.8. The number of nitriles is 1. The average Bonchev–Trinajstić information content (AvgIpc) is 2.39. The number of hydrogen-bond acceptors (Lipinski definition) is 2. The second-order valence-electron chi connectivity index (χ2n) is 4.61. The maximum absolute atomic E-state index is 13.3. The van der Waals surface area contributed by atoms with Crippen molar-refractivity contribution >= 4 is 5.69 Å². The van der Waals surface area contributed by atoms with E-state index >= 15 is 0 Å². The molecular formula is C16H15FN2. The van der Waals surface area contributed by atoms with Crippen LogP contribution in [-0.2, 0) is 6.54 Å². The van der Waals surface area contributed by atoms with Crippen molar-refractivity contribution in [3.63, 3.8) is 0 Å². The molecule has 2 aromatic rings. The Morgan fingerprint density at radius 1 is 1.11 bits per heavy atom. The Labute approximate surface area is 112 Å². The number of nitrogens with one attached hydrogen (secondary N) is 1. The van der Waals surface area contributed by atoms with E-state index in [9.17, 15) is 4.39 Å². The molecule has 0 atom stereocenters. The maximum Gasteiger partial charge on any atom is 0.124 e. The largest absolute Gasteiger partial charge is 0.381 e. The fourth-order valence-corrected chi connectivity index (χ4v) is 1.87. The van der Waals surface area contributed by atoms with Crippen molar-refractivity contribution in [3.05, 3.63) is 64.5 Å². The lowest BCUT2D eigenvalue weighted by molar-refractivity contribution is 0.625. The first-order valence-electron chi connectivity index (χ1n) is 6.09. The zero-order valence-electron chi connectivity index (χ0n) is 11.0. The molecule has 96 valence electrons. The highest BCUT2D eigenvalue weighted by Gasteiger charge is 2.01. The molecule has 0 aliphatic carbocycles. The molecule has 0 spiro atoms. The Balaban J connectivity index is 2.12. The minimum absolute atomic E-state index is 0.344. The summed E-state index contributed by atoms with van der Waals surface area (Å²) in [7, 11) is 0. The van der Waals surface area contributed by atoms with E-state index in [1.54, 1.807) is 6.07 Å². The highest BCUT2D eigenvalue weighted by atomic mass is 19.1. The summed E-state index contributed by atoms with van der Waals surface area (Å²) in [6, 6.07) is 12.4. The molecule has 19 heavy (non-hydrogen) atoms. The standard InChI is InChI=1S/C16H15FN2/c1-11-3-4-16(5-12(11)2)19-10-14-6-13(9-18)7-15(17)8-14/h3-8,19H,10H2,1-2H3. The molecule has 0 unspecified atom stereocenters. The summed E-state index contributed by atoms with van der Waals surface area (Å²) < 4.78 is 13.3. The van der Waals surface area contributed by atoms with E-state index in [4.69, 9.17) is 5.26 Å². The van der Waals surface area contributed by atoms with Crippen LogP contribution in [0.5, 0.6) is 0 Å². The third kappa shape index (κ3) is 3.32. The third-order valence-electron chi connectivity index (χ3n) is 3.09. The van der Waals surface area contributed by atoms with Crippen molar-refractivity contribution in [2.75, 3.05) is 5.32 Å². The second-order valence-corrected chi connectivity index (χ2v) is 4.61. The van der Waals surface area contributed by atoms with Gasteiger partial charge in [0.15, 0.2) is 0 Å². The van der Waals surface area contributed by atoms with Crippen molar-refractivity contribution in [1.29, 1.82) is 5.26 Å². The summed E-state index contributed by atoms with van der Waals surface area (Å²) in [4.78, 5) is 0. The monoisotopic (exact) mass is 254 g/mol. The van der Waals surface area contributed by atoms with Crippen LogP contribution in [0.15, 0.2) is 36.4 Å². The summed E-state index contributed by atoms with van der Waals surface area (Å²) in [5, 5.41) is 12.0. The lowest BCUT2D eigenvalue weighted by Crippen LogP contribution is -2.01. The van der Waals surface area contributed by atoms with E-state index < -0.39 is 0 Å². The number of halogens is 1. The van der Waals surface area contributed by atoms with E-state index in [2.05, 4.69) is 25.2 Å². The molecule has 0 aliphatic rings. The number of nitrogens with zero attached hydrogens (tertiary/aromatic N) is 1. The van der Waals surface area contributed by atoms with E-state index in [1.807, 2.05) is 18.2 Å². The summed E-state index contributed by atoms with van der Waals surface area (Å²) in [5.41, 5.74) is 4.54. The molecule has 0 heterocycles. The molecule has 2 nitrogen and oxygen atoms in total. The quantitative estimate of drug-likeness (QED) is 0.900. The van der Waals surface area contributed by atoms with Gasteiger partial charge >= 0.3 is 0 Å². The Kier molecular flexibility index (Phi) is 3.82. The molecule has 0 amide bonds. The Morgan fingerprint density at radius 3 is 2.58 bits per heavy atom. The molecule has 0 radical (unpaired) electrons. The second kappa shape index (κ2) is 5.53. The van der Waals surface area contributed by atoms with E-state index in [-0.39, 0.29) is 5.82 Å². The van der Waals surface area contributed by atoms with E-state index in [0.29, 0.717) is 12.1 Å². The van der Waals surface area contributed by atoms with Crippen LogP contribution in [0.25, 0.3) is 0 Å². The summed E-state index contributed by atoms with van der Waals surface area (Å²) in [5.74, 6) is -0.379. The van der Waals surface area contributed by atoms with Gasteiger partial charge < -0.3 is 5.32 Å². The van der Waals surface area contributed by atoms with Gasteiger partial charge in [-0.15, -0.1) is 0 Å². The van der Waals surface area contributed by atoms with Crippen LogP contribution in [0.4, 0.5) is 10.1 Å². The molecule has 0 saturated carbocycles. The van der Waals surface area contributed by atoms with Gasteiger partial charge in [-0.25, -0.2) is 4.39 Å². The van der Waals surface area contributed by atoms with Gasteiger partial charge in [0.05, 0.1) is 11.6 Å². The lowest BCUT2D eigenvalue weighted by atomic mass is 10.1. The van der Waals surface area contributed by atoms with Crippen LogP contribution < -0.4 is 5.32 Å². The Morgan fingerprint density at radius 2 is 1.89 bits per heavy atom. The van der Waals surface area contributed by atoms with Gasteiger partial charge in [-0.3, -0.25) is 0 Å². The number of aryl methyl sites for hydroxylation is 2. The van der Waals surface area contributed by atoms with Crippen molar-refractivity contribution in [2.45, 2.75) is 20.4 Å². The average molecular weight is 254 g/mol. The van der Waals surface area contributed by atoms with Gasteiger partial charge in [0.25, 0.3) is 0 Å². The van der Waals surface area contributed by atoms with Crippen molar-refractivity contribution < 1.29 is 4.39 Å². The van der Waals surface area contributed by atoms with Crippen molar-refractivity contribution in [2.24, 2.45) is 0 Å². The number of anilines is 1. The third-order valence-corrected chi connectivity index (χ3v) is 3.09. The highest BCUT2D eigenvalue weighted by molar-refractivity contribution is 5.48. The predicted molar refractivity (Wildman–Crippen MR) is 74.4 cm³/mol. The fraction of sp³-hybridized carbons (Fsp3) is 0.188. The highest BCUT2D eigenvalue weighted by Crippen LogP contribution is 2.16. The van der Waals surface area contributed by atoms with Crippen LogP contribution >= 0.6 is 0 Å². The first-order valence-corrected chi connectivity index (χ1v) is 6.09. The van der Waals surface area contributed by atoms with E-state index in [0.717, 1.165) is 11.3 Å². The van der Waals surface area contributed by atoms with Crippen molar-refractivity contribution in [3.8, 4) is 6.07 Å². The zero-order valence-corrected chi connectivity index (χ0v) is 11.0. The molecular weight excluding hydrogens is 239 g/mol. The molecule has 0 aromatic heterocycles. The minimum Gasteiger partial charge on any atom is -0.381 e. The predicted octanol–water partition coefficient (Wildman–Crippen LogP) is 3.93. The van der Waals surface area contributed by atoms with Gasteiger partial charge in [-0.1, -0.05) is 6.07 Å². The molecule has 1 N–H and O–H groups in total. The lowest BCUT2D eigenvalue weighted by Gasteiger charge is -2.09. The van der Waals surface area contributed by atoms with Gasteiger partial charge in [0.2, 0.25) is 0 Å². The van der Waals surface area contributed by atoms with Gasteiger partial charge in [0.1, 0.15) is 5.82 Å². The SMILES string of the molecule is Cc1ccc(NCc2cc(F)cc(C#N)c2)cc1C. The Bertz CT molecular complexity index is 642. The van der Waals surface area contributed by atoms with Gasteiger partial charge in [-0.2, -0.15) is 5.26 Å². The normalized spacial score (nSPS) is 10.0. The van der Waals surface area contributed by atoms with Crippen LogP contribution in [0.3, 0.4) is 0 Å². The molecule has 2 aromatic carbocycles. The van der Waals surface area contributed by atoms with Gasteiger partial charge in [-0.05, 0) is 60.9 Å². The first-order chi connectivity index (χ1) is 9.08. The molecule has 0 saturated heterocycles.